The lowest BCUT2D eigenvalue weighted by atomic mass is 10.0. The van der Waals surface area contributed by atoms with Gasteiger partial charge in [-0.2, -0.15) is 0 Å². The molecule has 1 aliphatic heterocycles. The molecule has 4 aromatic rings. The molecule has 0 aliphatic carbocycles. The van der Waals surface area contributed by atoms with Crippen molar-refractivity contribution in [1.29, 1.82) is 0 Å². The van der Waals surface area contributed by atoms with E-state index in [1.54, 1.807) is 23.3 Å². The molecule has 1 amide bonds. The van der Waals surface area contributed by atoms with E-state index in [0.717, 1.165) is 38.6 Å². The average molecular weight is 372 g/mol. The van der Waals surface area contributed by atoms with E-state index in [4.69, 9.17) is 4.42 Å². The first-order valence-electron chi connectivity index (χ1n) is 9.07. The Hall–Kier alpha value is -3.67. The van der Waals surface area contributed by atoms with Gasteiger partial charge in [0.15, 0.2) is 0 Å². The molecule has 1 aliphatic rings. The van der Waals surface area contributed by atoms with Crippen molar-refractivity contribution in [2.75, 3.05) is 11.4 Å². The van der Waals surface area contributed by atoms with Gasteiger partial charge in [-0.15, -0.1) is 0 Å². The van der Waals surface area contributed by atoms with Gasteiger partial charge in [0.25, 0.3) is 5.69 Å². The van der Waals surface area contributed by atoms with Gasteiger partial charge < -0.3 is 9.32 Å². The first-order valence-corrected chi connectivity index (χ1v) is 9.07. The molecule has 0 bridgehead atoms. The van der Waals surface area contributed by atoms with Crippen LogP contribution in [0.25, 0.3) is 21.7 Å². The smallest absolute Gasteiger partial charge is 0.269 e. The summed E-state index contributed by atoms with van der Waals surface area (Å²) in [5.41, 5.74) is 3.27. The predicted octanol–water partition coefficient (Wildman–Crippen LogP) is 4.63. The summed E-state index contributed by atoms with van der Waals surface area (Å²) in [5.74, 6) is -0.0387. The van der Waals surface area contributed by atoms with E-state index in [9.17, 15) is 14.9 Å². The van der Waals surface area contributed by atoms with Gasteiger partial charge in [0.2, 0.25) is 5.91 Å². The number of benzene rings is 3. The van der Waals surface area contributed by atoms with Crippen molar-refractivity contribution in [3.8, 4) is 0 Å². The molecule has 0 radical (unpaired) electrons. The molecule has 0 atom stereocenters. The quantitative estimate of drug-likeness (QED) is 0.388. The van der Waals surface area contributed by atoms with Crippen LogP contribution in [0.5, 0.6) is 0 Å². The minimum atomic E-state index is -0.409. The van der Waals surface area contributed by atoms with E-state index in [1.807, 2.05) is 36.4 Å². The molecule has 0 N–H and O–H groups in total. The van der Waals surface area contributed by atoms with E-state index in [0.29, 0.717) is 13.0 Å². The summed E-state index contributed by atoms with van der Waals surface area (Å²) in [6.07, 6.45) is 2.50. The Labute approximate surface area is 160 Å². The number of carbonyl (C=O) groups is 1. The fourth-order valence-electron chi connectivity index (χ4n) is 4.02. The van der Waals surface area contributed by atoms with Gasteiger partial charge in [-0.05, 0) is 34.9 Å². The van der Waals surface area contributed by atoms with Gasteiger partial charge in [0.1, 0.15) is 5.58 Å². The van der Waals surface area contributed by atoms with Crippen molar-refractivity contribution in [3.05, 3.63) is 82.1 Å². The Bertz CT molecular complexity index is 1260. The molecule has 0 fully saturated rings. The number of nitrogens with zero attached hydrogens (tertiary/aromatic N) is 2. The topological polar surface area (TPSA) is 76.6 Å². The van der Waals surface area contributed by atoms with Crippen LogP contribution in [0.3, 0.4) is 0 Å². The zero-order chi connectivity index (χ0) is 19.3. The first kappa shape index (κ1) is 16.5. The zero-order valence-corrected chi connectivity index (χ0v) is 14.9. The van der Waals surface area contributed by atoms with Crippen LogP contribution < -0.4 is 4.90 Å². The van der Waals surface area contributed by atoms with Gasteiger partial charge in [-0.25, -0.2) is 0 Å². The zero-order valence-electron chi connectivity index (χ0n) is 14.9. The number of anilines is 1. The number of nitro benzene ring substituents is 1. The third-order valence-corrected chi connectivity index (χ3v) is 5.35. The molecule has 3 aromatic carbocycles. The second kappa shape index (κ2) is 6.20. The maximum absolute atomic E-state index is 13.0. The molecule has 28 heavy (non-hydrogen) atoms. The fraction of sp³-hybridized carbons (Fsp3) is 0.136. The van der Waals surface area contributed by atoms with Crippen LogP contribution in [0.2, 0.25) is 0 Å². The normalized spacial score (nSPS) is 13.2. The maximum Gasteiger partial charge on any atom is 0.269 e. The van der Waals surface area contributed by atoms with Crippen LogP contribution in [-0.4, -0.2) is 17.4 Å². The van der Waals surface area contributed by atoms with Crippen molar-refractivity contribution in [1.82, 2.24) is 0 Å². The molecule has 138 valence electrons. The Morgan fingerprint density at radius 3 is 2.86 bits per heavy atom. The molecular weight excluding hydrogens is 356 g/mol. The largest absolute Gasteiger partial charge is 0.464 e. The summed E-state index contributed by atoms with van der Waals surface area (Å²) in [4.78, 5) is 25.3. The molecule has 0 saturated heterocycles. The van der Waals surface area contributed by atoms with Crippen molar-refractivity contribution < 1.29 is 14.1 Å². The minimum Gasteiger partial charge on any atom is -0.464 e. The Morgan fingerprint density at radius 2 is 2.00 bits per heavy atom. The van der Waals surface area contributed by atoms with Crippen molar-refractivity contribution in [2.45, 2.75) is 12.8 Å². The summed E-state index contributed by atoms with van der Waals surface area (Å²) >= 11 is 0. The second-order valence-electron chi connectivity index (χ2n) is 6.96. The first-order chi connectivity index (χ1) is 13.6. The van der Waals surface area contributed by atoms with Crippen LogP contribution in [0.1, 0.15) is 11.1 Å². The number of furan rings is 1. The van der Waals surface area contributed by atoms with Crippen LogP contribution in [0, 0.1) is 10.1 Å². The van der Waals surface area contributed by atoms with E-state index in [1.165, 1.54) is 6.07 Å². The molecular formula is C22H16N2O4. The Kier molecular flexibility index (Phi) is 3.65. The average Bonchev–Trinajstić information content (AvgIpc) is 3.31. The summed E-state index contributed by atoms with van der Waals surface area (Å²) in [6.45, 7) is 0.534. The van der Waals surface area contributed by atoms with E-state index in [2.05, 4.69) is 0 Å². The molecule has 5 rings (SSSR count). The number of carbonyl (C=O) groups excluding carboxylic acids is 1. The van der Waals surface area contributed by atoms with E-state index in [-0.39, 0.29) is 18.0 Å². The lowest BCUT2D eigenvalue weighted by molar-refractivity contribution is -0.384. The summed E-state index contributed by atoms with van der Waals surface area (Å²) in [6, 6.07) is 16.6. The van der Waals surface area contributed by atoms with Gasteiger partial charge in [0, 0.05) is 35.3 Å². The number of fused-ring (bicyclic) bond motifs is 4. The number of amides is 1. The van der Waals surface area contributed by atoms with Crippen LogP contribution >= 0.6 is 0 Å². The fourth-order valence-corrected chi connectivity index (χ4v) is 4.02. The summed E-state index contributed by atoms with van der Waals surface area (Å²) in [5, 5.41) is 14.1. The van der Waals surface area contributed by atoms with Crippen molar-refractivity contribution in [2.24, 2.45) is 0 Å². The highest BCUT2D eigenvalue weighted by Crippen LogP contribution is 2.34. The highest BCUT2D eigenvalue weighted by Gasteiger charge is 2.27. The third kappa shape index (κ3) is 2.53. The highest BCUT2D eigenvalue weighted by atomic mass is 16.6. The molecule has 0 unspecified atom stereocenters. The number of non-ortho nitro benzene ring substituents is 1. The summed E-state index contributed by atoms with van der Waals surface area (Å²) in [7, 11) is 0. The standard InChI is InChI=1S/C22H16N2O4/c25-21(23-10-9-15-11-17(24(26)27)6-7-19(15)23)12-16-13-28-20-8-5-14-3-1-2-4-18(14)22(16)20/h1-8,11,13H,9-10,12H2. The van der Waals surface area contributed by atoms with Gasteiger partial charge >= 0.3 is 0 Å². The molecule has 2 heterocycles. The molecule has 0 saturated carbocycles. The number of hydrogen-bond donors (Lipinski definition) is 0. The number of hydrogen-bond acceptors (Lipinski definition) is 4. The van der Waals surface area contributed by atoms with Gasteiger partial charge in [-0.3, -0.25) is 14.9 Å². The molecule has 6 heteroatoms. The Balaban J connectivity index is 1.49. The van der Waals surface area contributed by atoms with E-state index < -0.39 is 4.92 Å². The lowest BCUT2D eigenvalue weighted by Gasteiger charge is -2.17. The summed E-state index contributed by atoms with van der Waals surface area (Å²) < 4.78 is 5.69. The van der Waals surface area contributed by atoms with Gasteiger partial charge in [0.05, 0.1) is 17.6 Å². The minimum absolute atomic E-state index is 0.0387. The molecule has 1 aromatic heterocycles. The molecule has 0 spiro atoms. The third-order valence-electron chi connectivity index (χ3n) is 5.35. The molecule has 6 nitrogen and oxygen atoms in total. The van der Waals surface area contributed by atoms with Crippen LogP contribution in [0.4, 0.5) is 11.4 Å². The monoisotopic (exact) mass is 372 g/mol. The maximum atomic E-state index is 13.0. The Morgan fingerprint density at radius 1 is 1.14 bits per heavy atom. The van der Waals surface area contributed by atoms with Gasteiger partial charge in [-0.1, -0.05) is 30.3 Å². The van der Waals surface area contributed by atoms with Crippen LogP contribution in [-0.2, 0) is 17.6 Å². The predicted molar refractivity (Wildman–Crippen MR) is 107 cm³/mol. The number of nitro groups is 1. The van der Waals surface area contributed by atoms with Crippen molar-refractivity contribution >= 4 is 39.0 Å². The lowest BCUT2D eigenvalue weighted by Crippen LogP contribution is -2.30. The highest BCUT2D eigenvalue weighted by molar-refractivity contribution is 6.09. The number of rotatable bonds is 3. The van der Waals surface area contributed by atoms with Crippen molar-refractivity contribution in [3.63, 3.8) is 0 Å². The second-order valence-corrected chi connectivity index (χ2v) is 6.96. The van der Waals surface area contributed by atoms with Crippen LogP contribution in [0.15, 0.2) is 65.3 Å². The SMILES string of the molecule is O=C(Cc1coc2ccc3ccccc3c12)N1CCc2cc([N+](=O)[O-])ccc21. The van der Waals surface area contributed by atoms with E-state index >= 15 is 0 Å².